The van der Waals surface area contributed by atoms with E-state index in [4.69, 9.17) is 28.4 Å². The number of ether oxygens (including phenoxy) is 6. The predicted octanol–water partition coefficient (Wildman–Crippen LogP) is 4.97. The largest absolute Gasteiger partial charge is 0.496 e. The van der Waals surface area contributed by atoms with Crippen molar-refractivity contribution in [1.82, 2.24) is 0 Å². The van der Waals surface area contributed by atoms with E-state index in [2.05, 4.69) is 0 Å². The molecule has 8 heteroatoms. The Bertz CT molecular complexity index is 1060. The number of aromatic carboxylic acids is 1. The predicted molar refractivity (Wildman–Crippen MR) is 140 cm³/mol. The molecule has 0 radical (unpaired) electrons. The van der Waals surface area contributed by atoms with Crippen molar-refractivity contribution in [2.24, 2.45) is 0 Å². The van der Waals surface area contributed by atoms with E-state index in [1.165, 1.54) is 0 Å². The summed E-state index contributed by atoms with van der Waals surface area (Å²) in [4.78, 5) is 11.9. The van der Waals surface area contributed by atoms with Gasteiger partial charge in [-0.3, -0.25) is 0 Å². The van der Waals surface area contributed by atoms with Crippen LogP contribution in [0.2, 0.25) is 0 Å². The van der Waals surface area contributed by atoms with E-state index in [0.717, 1.165) is 11.1 Å². The minimum atomic E-state index is -1.03. The van der Waals surface area contributed by atoms with Gasteiger partial charge in [-0.1, -0.05) is 60.7 Å². The van der Waals surface area contributed by atoms with Crippen molar-refractivity contribution in [3.63, 3.8) is 0 Å². The number of methoxy groups -OCH3 is 1. The highest BCUT2D eigenvalue weighted by molar-refractivity contribution is 5.88. The molecule has 202 valence electrons. The smallest absolute Gasteiger partial charge is 0.335 e. The second-order valence-electron chi connectivity index (χ2n) is 8.82. The van der Waals surface area contributed by atoms with Gasteiger partial charge < -0.3 is 33.5 Å². The molecule has 1 aliphatic rings. The zero-order valence-corrected chi connectivity index (χ0v) is 21.5. The molecule has 0 fully saturated rings. The molecule has 0 amide bonds. The zero-order valence-electron chi connectivity index (χ0n) is 21.5. The lowest BCUT2D eigenvalue weighted by molar-refractivity contribution is -0.0646. The van der Waals surface area contributed by atoms with Crippen LogP contribution in [0.5, 0.6) is 5.75 Å². The van der Waals surface area contributed by atoms with Gasteiger partial charge in [-0.25, -0.2) is 4.79 Å². The number of hydrogen-bond donors (Lipinski definition) is 1. The Labute approximate surface area is 223 Å². The van der Waals surface area contributed by atoms with Crippen LogP contribution in [-0.4, -0.2) is 57.8 Å². The highest BCUT2D eigenvalue weighted by Gasteiger charge is 2.19. The fraction of sp³-hybridized carbons (Fsp3) is 0.367. The van der Waals surface area contributed by atoms with Crippen molar-refractivity contribution in [3.8, 4) is 5.75 Å². The zero-order chi connectivity index (χ0) is 26.6. The number of carboxylic acid groups (broad SMARTS) is 1. The molecule has 0 aromatic heterocycles. The van der Waals surface area contributed by atoms with Gasteiger partial charge in [0.05, 0.1) is 65.5 Å². The molecule has 0 saturated carbocycles. The van der Waals surface area contributed by atoms with Crippen molar-refractivity contribution in [2.75, 3.05) is 46.8 Å². The first-order valence-electron chi connectivity index (χ1n) is 12.6. The molecule has 1 unspecified atom stereocenters. The molecule has 0 saturated heterocycles. The van der Waals surface area contributed by atoms with Gasteiger partial charge in [-0.15, -0.1) is 0 Å². The standard InChI is InChI=1S/C30H34O8/c1-33-29-25-16-24(30(31)32)17-26(29)19-36-21-28(23-10-6-3-7-11-23)38-15-13-34-12-14-37-27(20-35-18-25)22-8-4-2-5-9-22/h2-11,16-17,27-28H,12-15,18-21H2,1H3,(H,31,32)/t27-,28?/m1/s1. The molecule has 2 atom stereocenters. The summed E-state index contributed by atoms with van der Waals surface area (Å²) in [5.41, 5.74) is 3.35. The topological polar surface area (TPSA) is 92.7 Å². The molecule has 8 nitrogen and oxygen atoms in total. The van der Waals surface area contributed by atoms with Crippen LogP contribution in [0, 0.1) is 0 Å². The van der Waals surface area contributed by atoms with Crippen LogP contribution in [0.15, 0.2) is 72.8 Å². The fourth-order valence-electron chi connectivity index (χ4n) is 4.32. The SMILES string of the molecule is COc1c2cc(C(=O)O)cc1COC[C@H](c1ccccc1)OCCOCCOC(c1ccccc1)COC2. The Kier molecular flexibility index (Phi) is 10.7. The van der Waals surface area contributed by atoms with E-state index in [1.54, 1.807) is 19.2 Å². The van der Waals surface area contributed by atoms with Crippen LogP contribution in [0.25, 0.3) is 0 Å². The maximum absolute atomic E-state index is 11.9. The summed E-state index contributed by atoms with van der Waals surface area (Å²) in [6.07, 6.45) is -0.623. The summed E-state index contributed by atoms with van der Waals surface area (Å²) in [6.45, 7) is 2.45. The van der Waals surface area contributed by atoms with Crippen molar-refractivity contribution in [2.45, 2.75) is 25.4 Å². The number of fused-ring (bicyclic) bond motifs is 2. The lowest BCUT2D eigenvalue weighted by Crippen LogP contribution is -2.18. The third kappa shape index (κ3) is 7.86. The van der Waals surface area contributed by atoms with E-state index in [1.807, 2.05) is 60.7 Å². The minimum absolute atomic E-state index is 0.140. The minimum Gasteiger partial charge on any atom is -0.496 e. The van der Waals surface area contributed by atoms with Crippen molar-refractivity contribution in [3.05, 3.63) is 101 Å². The van der Waals surface area contributed by atoms with E-state index in [0.29, 0.717) is 43.3 Å². The molecule has 3 aromatic carbocycles. The first-order valence-corrected chi connectivity index (χ1v) is 12.6. The molecular weight excluding hydrogens is 488 g/mol. The van der Waals surface area contributed by atoms with Gasteiger partial charge in [0.2, 0.25) is 0 Å². The van der Waals surface area contributed by atoms with Gasteiger partial charge in [0.1, 0.15) is 18.0 Å². The second-order valence-corrected chi connectivity index (χ2v) is 8.82. The Morgan fingerprint density at radius 3 is 1.63 bits per heavy atom. The summed E-state index contributed by atoms with van der Waals surface area (Å²) < 4.78 is 35.7. The maximum atomic E-state index is 11.9. The molecule has 38 heavy (non-hydrogen) atoms. The van der Waals surface area contributed by atoms with Gasteiger partial charge in [0.25, 0.3) is 0 Å². The highest BCUT2D eigenvalue weighted by Crippen LogP contribution is 2.29. The van der Waals surface area contributed by atoms with Gasteiger partial charge in [0.15, 0.2) is 0 Å². The monoisotopic (exact) mass is 522 g/mol. The maximum Gasteiger partial charge on any atom is 0.335 e. The summed E-state index contributed by atoms with van der Waals surface area (Å²) in [7, 11) is 1.56. The van der Waals surface area contributed by atoms with Gasteiger partial charge in [-0.05, 0) is 23.3 Å². The number of benzene rings is 3. The van der Waals surface area contributed by atoms with Crippen LogP contribution >= 0.6 is 0 Å². The molecular formula is C30H34O8. The van der Waals surface area contributed by atoms with E-state index < -0.39 is 5.97 Å². The first-order chi connectivity index (χ1) is 18.7. The van der Waals surface area contributed by atoms with Crippen molar-refractivity contribution < 1.29 is 38.3 Å². The lowest BCUT2D eigenvalue weighted by atomic mass is 10.0. The van der Waals surface area contributed by atoms with Crippen LogP contribution in [-0.2, 0) is 36.9 Å². The lowest BCUT2D eigenvalue weighted by Gasteiger charge is -2.22. The number of hydrogen-bond acceptors (Lipinski definition) is 7. The molecule has 1 heterocycles. The third-order valence-corrected chi connectivity index (χ3v) is 6.18. The molecule has 1 N–H and O–H groups in total. The quantitative estimate of drug-likeness (QED) is 0.513. The average Bonchev–Trinajstić information content (AvgIpc) is 2.95. The van der Waals surface area contributed by atoms with E-state index in [9.17, 15) is 9.90 Å². The molecule has 1 aliphatic heterocycles. The van der Waals surface area contributed by atoms with Crippen LogP contribution in [0.4, 0.5) is 0 Å². The second kappa shape index (κ2) is 14.6. The van der Waals surface area contributed by atoms with E-state index >= 15 is 0 Å². The normalized spacial score (nSPS) is 20.1. The number of carbonyl (C=O) groups is 1. The molecule has 0 aliphatic carbocycles. The molecule has 3 aromatic rings. The summed E-state index contributed by atoms with van der Waals surface area (Å²) >= 11 is 0. The van der Waals surface area contributed by atoms with Crippen LogP contribution in [0.3, 0.4) is 0 Å². The highest BCUT2D eigenvalue weighted by atomic mass is 16.6. The number of rotatable bonds is 4. The van der Waals surface area contributed by atoms with Crippen LogP contribution < -0.4 is 4.74 Å². The Hall–Kier alpha value is -3.27. The third-order valence-electron chi connectivity index (χ3n) is 6.18. The summed E-state index contributed by atoms with van der Waals surface area (Å²) in [5.74, 6) is -0.493. The number of carboxylic acids is 1. The van der Waals surface area contributed by atoms with Gasteiger partial charge in [0, 0.05) is 11.1 Å². The first kappa shape index (κ1) is 27.8. The van der Waals surface area contributed by atoms with Gasteiger partial charge in [-0.2, -0.15) is 0 Å². The average molecular weight is 523 g/mol. The van der Waals surface area contributed by atoms with Crippen molar-refractivity contribution >= 4 is 5.97 Å². The molecule has 2 bridgehead atoms. The summed E-state index contributed by atoms with van der Waals surface area (Å²) in [6, 6.07) is 22.8. The Morgan fingerprint density at radius 1 is 0.737 bits per heavy atom. The van der Waals surface area contributed by atoms with Crippen LogP contribution in [0.1, 0.15) is 44.8 Å². The fourth-order valence-corrected chi connectivity index (χ4v) is 4.32. The Balaban J connectivity index is 1.58. The molecule has 0 spiro atoms. The van der Waals surface area contributed by atoms with Crippen molar-refractivity contribution in [1.29, 1.82) is 0 Å². The van der Waals surface area contributed by atoms with E-state index in [-0.39, 0.29) is 44.2 Å². The summed E-state index contributed by atoms with van der Waals surface area (Å²) in [5, 5.41) is 9.72. The Morgan fingerprint density at radius 2 is 1.21 bits per heavy atom. The van der Waals surface area contributed by atoms with Gasteiger partial charge >= 0.3 is 5.97 Å². The molecule has 4 rings (SSSR count).